The maximum Gasteiger partial charge on any atom is 0.224 e. The zero-order valence-corrected chi connectivity index (χ0v) is 16.5. The standard InChI is InChI=1S/C18H18Cl3NO4/c1-25-11-3-4-12(16(9-11)26-2)15(23)5-6-17(24)22-18-13(20)7-10(19)8-14(18)21/h3-4,7-9,15,23H,5-6H2,1-2H3,(H,22,24). The highest BCUT2D eigenvalue weighted by atomic mass is 35.5. The number of halogens is 3. The van der Waals surface area contributed by atoms with Gasteiger partial charge in [-0.25, -0.2) is 0 Å². The number of amides is 1. The van der Waals surface area contributed by atoms with Crippen molar-refractivity contribution in [3.05, 3.63) is 51.0 Å². The van der Waals surface area contributed by atoms with Crippen molar-refractivity contribution >= 4 is 46.4 Å². The summed E-state index contributed by atoms with van der Waals surface area (Å²) < 4.78 is 10.4. The molecule has 0 heterocycles. The fraction of sp³-hybridized carbons (Fsp3) is 0.278. The third kappa shape index (κ3) is 5.17. The Hall–Kier alpha value is -1.66. The Bertz CT molecular complexity index is 775. The van der Waals surface area contributed by atoms with Gasteiger partial charge in [-0.2, -0.15) is 0 Å². The Balaban J connectivity index is 2.01. The summed E-state index contributed by atoms with van der Waals surface area (Å²) in [5.74, 6) is 0.770. The van der Waals surface area contributed by atoms with Crippen LogP contribution in [0.25, 0.3) is 0 Å². The van der Waals surface area contributed by atoms with Gasteiger partial charge in [-0.05, 0) is 30.7 Å². The summed E-state index contributed by atoms with van der Waals surface area (Å²) >= 11 is 17.9. The minimum atomic E-state index is -0.877. The topological polar surface area (TPSA) is 67.8 Å². The number of carbonyl (C=O) groups is 1. The van der Waals surface area contributed by atoms with Crippen molar-refractivity contribution in [2.24, 2.45) is 0 Å². The smallest absolute Gasteiger partial charge is 0.224 e. The number of ether oxygens (including phenoxy) is 2. The zero-order valence-electron chi connectivity index (χ0n) is 14.2. The van der Waals surface area contributed by atoms with E-state index >= 15 is 0 Å². The van der Waals surface area contributed by atoms with Crippen LogP contribution >= 0.6 is 34.8 Å². The average Bonchev–Trinajstić information content (AvgIpc) is 2.62. The van der Waals surface area contributed by atoms with Gasteiger partial charge in [0, 0.05) is 23.1 Å². The predicted molar refractivity (Wildman–Crippen MR) is 104 cm³/mol. The molecule has 0 saturated carbocycles. The highest BCUT2D eigenvalue weighted by Crippen LogP contribution is 2.34. The number of rotatable bonds is 7. The molecule has 2 N–H and O–H groups in total. The van der Waals surface area contributed by atoms with Crippen molar-refractivity contribution < 1.29 is 19.4 Å². The van der Waals surface area contributed by atoms with Crippen molar-refractivity contribution in [3.63, 3.8) is 0 Å². The second-order valence-electron chi connectivity index (χ2n) is 5.45. The van der Waals surface area contributed by atoms with Gasteiger partial charge in [0.15, 0.2) is 0 Å². The quantitative estimate of drug-likeness (QED) is 0.655. The first-order valence-electron chi connectivity index (χ1n) is 7.70. The Morgan fingerprint density at radius 1 is 1.12 bits per heavy atom. The largest absolute Gasteiger partial charge is 0.497 e. The number of hydrogen-bond acceptors (Lipinski definition) is 4. The molecule has 0 radical (unpaired) electrons. The van der Waals surface area contributed by atoms with Gasteiger partial charge in [0.1, 0.15) is 11.5 Å². The molecule has 26 heavy (non-hydrogen) atoms. The van der Waals surface area contributed by atoms with Crippen LogP contribution in [0.15, 0.2) is 30.3 Å². The van der Waals surface area contributed by atoms with E-state index in [1.54, 1.807) is 25.3 Å². The maximum absolute atomic E-state index is 12.2. The highest BCUT2D eigenvalue weighted by molar-refractivity contribution is 6.42. The number of aliphatic hydroxyl groups is 1. The molecule has 2 aromatic rings. The molecular weight excluding hydrogens is 401 g/mol. The first-order chi connectivity index (χ1) is 12.3. The van der Waals surface area contributed by atoms with Gasteiger partial charge in [-0.1, -0.05) is 34.8 Å². The lowest BCUT2D eigenvalue weighted by atomic mass is 10.0. The van der Waals surface area contributed by atoms with E-state index in [4.69, 9.17) is 44.3 Å². The summed E-state index contributed by atoms with van der Waals surface area (Å²) in [6.07, 6.45) is -0.624. The van der Waals surface area contributed by atoms with Crippen LogP contribution in [0.3, 0.4) is 0 Å². The van der Waals surface area contributed by atoms with Crippen LogP contribution < -0.4 is 14.8 Å². The maximum atomic E-state index is 12.2. The van der Waals surface area contributed by atoms with Gasteiger partial charge < -0.3 is 19.9 Å². The second-order valence-corrected chi connectivity index (χ2v) is 6.71. The summed E-state index contributed by atoms with van der Waals surface area (Å²) in [4.78, 5) is 12.2. The van der Waals surface area contributed by atoms with Gasteiger partial charge in [-0.15, -0.1) is 0 Å². The molecule has 5 nitrogen and oxygen atoms in total. The number of nitrogens with one attached hydrogen (secondary N) is 1. The van der Waals surface area contributed by atoms with Crippen LogP contribution in [0.5, 0.6) is 11.5 Å². The molecule has 140 valence electrons. The van der Waals surface area contributed by atoms with Crippen LogP contribution in [-0.2, 0) is 4.79 Å². The first-order valence-corrected chi connectivity index (χ1v) is 8.83. The SMILES string of the molecule is COc1ccc(C(O)CCC(=O)Nc2c(Cl)cc(Cl)cc2Cl)c(OC)c1. The molecule has 0 spiro atoms. The minimum absolute atomic E-state index is 0.0611. The van der Waals surface area contributed by atoms with E-state index in [0.717, 1.165) is 0 Å². The lowest BCUT2D eigenvalue weighted by Gasteiger charge is -2.16. The number of anilines is 1. The molecule has 0 saturated heterocycles. The molecule has 0 aliphatic carbocycles. The lowest BCUT2D eigenvalue weighted by Crippen LogP contribution is -2.14. The van der Waals surface area contributed by atoms with E-state index < -0.39 is 6.10 Å². The number of carbonyl (C=O) groups excluding carboxylic acids is 1. The Morgan fingerprint density at radius 2 is 1.77 bits per heavy atom. The molecule has 1 amide bonds. The molecule has 0 bridgehead atoms. The molecule has 0 aliphatic rings. The molecule has 2 rings (SSSR count). The van der Waals surface area contributed by atoms with Crippen molar-refractivity contribution in [2.45, 2.75) is 18.9 Å². The first kappa shape index (κ1) is 20.6. The molecule has 0 aromatic heterocycles. The fourth-order valence-corrected chi connectivity index (χ4v) is 3.29. The molecule has 1 unspecified atom stereocenters. The number of hydrogen-bond donors (Lipinski definition) is 2. The van der Waals surface area contributed by atoms with Crippen LogP contribution in [0.2, 0.25) is 15.1 Å². The summed E-state index contributed by atoms with van der Waals surface area (Å²) in [6.45, 7) is 0. The Morgan fingerprint density at radius 3 is 2.35 bits per heavy atom. The molecular formula is C18H18Cl3NO4. The second kappa shape index (κ2) is 9.33. The number of methoxy groups -OCH3 is 2. The average molecular weight is 419 g/mol. The van der Waals surface area contributed by atoms with Crippen molar-refractivity contribution in [1.82, 2.24) is 0 Å². The van der Waals surface area contributed by atoms with E-state index in [1.165, 1.54) is 19.2 Å². The summed E-state index contributed by atoms with van der Waals surface area (Å²) in [7, 11) is 3.05. The van der Waals surface area contributed by atoms with Crippen molar-refractivity contribution in [2.75, 3.05) is 19.5 Å². The van der Waals surface area contributed by atoms with Gasteiger partial charge >= 0.3 is 0 Å². The monoisotopic (exact) mass is 417 g/mol. The number of benzene rings is 2. The highest BCUT2D eigenvalue weighted by Gasteiger charge is 2.17. The minimum Gasteiger partial charge on any atom is -0.497 e. The van der Waals surface area contributed by atoms with E-state index in [9.17, 15) is 9.90 Å². The van der Waals surface area contributed by atoms with Crippen LogP contribution in [0.4, 0.5) is 5.69 Å². The fourth-order valence-electron chi connectivity index (χ4n) is 2.38. The Labute approximate surface area is 166 Å². The van der Waals surface area contributed by atoms with Gasteiger partial charge in [-0.3, -0.25) is 4.79 Å². The molecule has 2 aromatic carbocycles. The van der Waals surface area contributed by atoms with Crippen LogP contribution in [0.1, 0.15) is 24.5 Å². The van der Waals surface area contributed by atoms with Gasteiger partial charge in [0.25, 0.3) is 0 Å². The van der Waals surface area contributed by atoms with E-state index in [0.29, 0.717) is 27.8 Å². The van der Waals surface area contributed by atoms with Crippen molar-refractivity contribution in [3.8, 4) is 11.5 Å². The van der Waals surface area contributed by atoms with Gasteiger partial charge in [0.05, 0.1) is 36.1 Å². The predicted octanol–water partition coefficient (Wildman–Crippen LogP) is 5.12. The van der Waals surface area contributed by atoms with Crippen LogP contribution in [0, 0.1) is 0 Å². The normalized spacial score (nSPS) is 11.8. The van der Waals surface area contributed by atoms with E-state index in [-0.39, 0.29) is 28.8 Å². The summed E-state index contributed by atoms with van der Waals surface area (Å²) in [6, 6.07) is 8.07. The zero-order chi connectivity index (χ0) is 19.3. The third-order valence-electron chi connectivity index (χ3n) is 3.72. The van der Waals surface area contributed by atoms with E-state index in [1.807, 2.05) is 0 Å². The van der Waals surface area contributed by atoms with Crippen molar-refractivity contribution in [1.29, 1.82) is 0 Å². The Kier molecular flexibility index (Phi) is 7.41. The molecule has 1 atom stereocenters. The molecule has 8 heteroatoms. The summed E-state index contributed by atoms with van der Waals surface area (Å²) in [5, 5.41) is 13.9. The van der Waals surface area contributed by atoms with E-state index in [2.05, 4.69) is 5.32 Å². The molecule has 0 aliphatic heterocycles. The molecule has 0 fully saturated rings. The summed E-state index contributed by atoms with van der Waals surface area (Å²) in [5.41, 5.74) is 0.864. The third-order valence-corrected chi connectivity index (χ3v) is 4.53. The lowest BCUT2D eigenvalue weighted by molar-refractivity contribution is -0.116. The van der Waals surface area contributed by atoms with Gasteiger partial charge in [0.2, 0.25) is 5.91 Å². The van der Waals surface area contributed by atoms with Crippen LogP contribution in [-0.4, -0.2) is 25.2 Å². The number of aliphatic hydroxyl groups excluding tert-OH is 1.